The molecule has 150 valence electrons. The maximum atomic E-state index is 12.0. The zero-order valence-electron chi connectivity index (χ0n) is 16.5. The normalized spacial score (nSPS) is 10.5. The number of rotatable bonds is 7. The van der Waals surface area contributed by atoms with Crippen LogP contribution in [0.5, 0.6) is 11.5 Å². The van der Waals surface area contributed by atoms with Crippen LogP contribution in [0.15, 0.2) is 40.9 Å². The van der Waals surface area contributed by atoms with Crippen LogP contribution in [0.2, 0.25) is 0 Å². The second-order valence-corrected chi connectivity index (χ2v) is 7.56. The Morgan fingerprint density at radius 2 is 1.71 bits per heavy atom. The molecule has 0 saturated heterocycles. The van der Waals surface area contributed by atoms with Gasteiger partial charge in [0.1, 0.15) is 11.5 Å². The highest BCUT2D eigenvalue weighted by Crippen LogP contribution is 2.32. The van der Waals surface area contributed by atoms with E-state index in [-0.39, 0.29) is 24.9 Å². The van der Waals surface area contributed by atoms with E-state index in [0.29, 0.717) is 5.75 Å². The minimum atomic E-state index is -0.432. The van der Waals surface area contributed by atoms with Gasteiger partial charge in [-0.05, 0) is 53.8 Å². The minimum Gasteiger partial charge on any atom is -0.497 e. The molecule has 6 nitrogen and oxygen atoms in total. The highest BCUT2D eigenvalue weighted by atomic mass is 79.9. The molecule has 7 heteroatoms. The lowest BCUT2D eigenvalue weighted by atomic mass is 10.0. The van der Waals surface area contributed by atoms with E-state index >= 15 is 0 Å². The van der Waals surface area contributed by atoms with Crippen molar-refractivity contribution in [3.05, 3.63) is 57.6 Å². The van der Waals surface area contributed by atoms with Gasteiger partial charge in [-0.25, -0.2) is 0 Å². The summed E-state index contributed by atoms with van der Waals surface area (Å²) in [6.07, 6.45) is 0.147. The van der Waals surface area contributed by atoms with Gasteiger partial charge in [-0.1, -0.05) is 41.9 Å². The van der Waals surface area contributed by atoms with Gasteiger partial charge in [0, 0.05) is 4.47 Å². The molecule has 0 aliphatic carbocycles. The summed E-state index contributed by atoms with van der Waals surface area (Å²) in [7, 11) is 1.58. The van der Waals surface area contributed by atoms with E-state index in [1.54, 1.807) is 31.4 Å². The van der Waals surface area contributed by atoms with Crippen molar-refractivity contribution in [2.75, 3.05) is 13.7 Å². The number of halogens is 1. The van der Waals surface area contributed by atoms with E-state index in [0.717, 1.165) is 26.9 Å². The van der Waals surface area contributed by atoms with Gasteiger partial charge in [-0.15, -0.1) is 0 Å². The molecule has 2 aromatic rings. The molecular formula is C21H25BrN2O4. The summed E-state index contributed by atoms with van der Waals surface area (Å²) >= 11 is 3.52. The molecule has 0 aliphatic rings. The van der Waals surface area contributed by atoms with Crippen molar-refractivity contribution >= 4 is 27.7 Å². The highest BCUT2D eigenvalue weighted by molar-refractivity contribution is 9.10. The highest BCUT2D eigenvalue weighted by Gasteiger charge is 2.13. The number of amides is 2. The number of nitrogens with one attached hydrogen (secondary N) is 2. The molecule has 2 N–H and O–H groups in total. The molecule has 0 fully saturated rings. The van der Waals surface area contributed by atoms with Crippen molar-refractivity contribution in [1.29, 1.82) is 0 Å². The Balaban J connectivity index is 1.84. The van der Waals surface area contributed by atoms with Crippen molar-refractivity contribution in [3.63, 3.8) is 0 Å². The molecule has 0 aliphatic heterocycles. The summed E-state index contributed by atoms with van der Waals surface area (Å²) in [5.41, 5.74) is 7.61. The number of aryl methyl sites for hydroxylation is 1. The molecule has 0 unspecified atom stereocenters. The monoisotopic (exact) mass is 448 g/mol. The van der Waals surface area contributed by atoms with Crippen molar-refractivity contribution < 1.29 is 19.1 Å². The quantitative estimate of drug-likeness (QED) is 0.633. The zero-order chi connectivity index (χ0) is 20.7. The third-order valence-electron chi connectivity index (χ3n) is 4.14. The molecule has 2 rings (SSSR count). The lowest BCUT2D eigenvalue weighted by molar-refractivity contribution is -0.129. The van der Waals surface area contributed by atoms with Crippen molar-refractivity contribution in [1.82, 2.24) is 10.9 Å². The predicted molar refractivity (Wildman–Crippen MR) is 111 cm³/mol. The van der Waals surface area contributed by atoms with Crippen LogP contribution < -0.4 is 20.3 Å². The van der Waals surface area contributed by atoms with E-state index in [1.165, 1.54) is 0 Å². The molecule has 0 bridgehead atoms. The third-order valence-corrected chi connectivity index (χ3v) is 4.99. The molecule has 2 aromatic carbocycles. The maximum absolute atomic E-state index is 12.0. The lowest BCUT2D eigenvalue weighted by Crippen LogP contribution is -2.44. The lowest BCUT2D eigenvalue weighted by Gasteiger charge is -2.16. The Morgan fingerprint density at radius 3 is 2.32 bits per heavy atom. The first-order valence-corrected chi connectivity index (χ1v) is 9.73. The SMILES string of the molecule is COc1ccc(CC(=O)NNC(=O)COc2cc(C)c(Br)cc2C(C)C)cc1. The van der Waals surface area contributed by atoms with Gasteiger partial charge in [0.25, 0.3) is 5.91 Å². The second kappa shape index (κ2) is 10.1. The van der Waals surface area contributed by atoms with E-state index in [9.17, 15) is 9.59 Å². The Kier molecular flexibility index (Phi) is 7.87. The molecule has 28 heavy (non-hydrogen) atoms. The first kappa shape index (κ1) is 21.8. The van der Waals surface area contributed by atoms with Crippen LogP contribution in [0, 0.1) is 6.92 Å². The number of hydrogen-bond acceptors (Lipinski definition) is 4. The smallest absolute Gasteiger partial charge is 0.276 e. The van der Waals surface area contributed by atoms with Crippen LogP contribution in [-0.4, -0.2) is 25.5 Å². The fourth-order valence-electron chi connectivity index (χ4n) is 2.54. The van der Waals surface area contributed by atoms with Gasteiger partial charge >= 0.3 is 0 Å². The number of carbonyl (C=O) groups excluding carboxylic acids is 2. The third kappa shape index (κ3) is 6.27. The van der Waals surface area contributed by atoms with E-state index < -0.39 is 5.91 Å². The predicted octanol–water partition coefficient (Wildman–Crippen LogP) is 3.66. The summed E-state index contributed by atoms with van der Waals surface area (Å²) in [5.74, 6) is 0.882. The fraction of sp³-hybridized carbons (Fsp3) is 0.333. The summed E-state index contributed by atoms with van der Waals surface area (Å²) in [6.45, 7) is 5.89. The second-order valence-electron chi connectivity index (χ2n) is 6.70. The summed E-state index contributed by atoms with van der Waals surface area (Å²) < 4.78 is 11.8. The van der Waals surface area contributed by atoms with Crippen LogP contribution >= 0.6 is 15.9 Å². The first-order valence-electron chi connectivity index (χ1n) is 8.93. The summed E-state index contributed by atoms with van der Waals surface area (Å²) in [4.78, 5) is 24.0. The van der Waals surface area contributed by atoms with Gasteiger partial charge in [-0.3, -0.25) is 20.4 Å². The molecule has 0 aromatic heterocycles. The Labute approximate surface area is 173 Å². The number of hydrazine groups is 1. The summed E-state index contributed by atoms with van der Waals surface area (Å²) in [5, 5.41) is 0. The maximum Gasteiger partial charge on any atom is 0.276 e. The van der Waals surface area contributed by atoms with Crippen molar-refractivity contribution in [2.24, 2.45) is 0 Å². The van der Waals surface area contributed by atoms with Crippen molar-refractivity contribution in [2.45, 2.75) is 33.1 Å². The minimum absolute atomic E-state index is 0.147. The van der Waals surface area contributed by atoms with Gasteiger partial charge in [0.2, 0.25) is 5.91 Å². The molecule has 0 atom stereocenters. The van der Waals surface area contributed by atoms with Crippen LogP contribution in [0.3, 0.4) is 0 Å². The fourth-order valence-corrected chi connectivity index (χ4v) is 2.90. The Bertz CT molecular complexity index is 835. The van der Waals surface area contributed by atoms with Crippen LogP contribution in [0.1, 0.15) is 36.5 Å². The van der Waals surface area contributed by atoms with Gasteiger partial charge in [0.05, 0.1) is 13.5 Å². The molecular weight excluding hydrogens is 424 g/mol. The number of carbonyl (C=O) groups is 2. The topological polar surface area (TPSA) is 76.7 Å². The van der Waals surface area contributed by atoms with Crippen LogP contribution in [0.25, 0.3) is 0 Å². The molecule has 0 saturated carbocycles. The van der Waals surface area contributed by atoms with Gasteiger partial charge in [0.15, 0.2) is 6.61 Å². The first-order chi connectivity index (χ1) is 13.3. The molecule has 0 radical (unpaired) electrons. The van der Waals surface area contributed by atoms with Gasteiger partial charge < -0.3 is 9.47 Å². The van der Waals surface area contributed by atoms with E-state index in [2.05, 4.69) is 40.6 Å². The van der Waals surface area contributed by atoms with E-state index in [1.807, 2.05) is 19.1 Å². The zero-order valence-corrected chi connectivity index (χ0v) is 18.1. The molecule has 0 spiro atoms. The van der Waals surface area contributed by atoms with E-state index in [4.69, 9.17) is 9.47 Å². The number of hydrogen-bond donors (Lipinski definition) is 2. The number of methoxy groups -OCH3 is 1. The average molecular weight is 449 g/mol. The standard InChI is InChI=1S/C21H25BrN2O4/c1-13(2)17-11-18(22)14(3)9-19(17)28-12-21(26)24-23-20(25)10-15-5-7-16(27-4)8-6-15/h5-9,11,13H,10,12H2,1-4H3,(H,23,25)(H,24,26). The number of benzene rings is 2. The largest absolute Gasteiger partial charge is 0.497 e. The van der Waals surface area contributed by atoms with Crippen LogP contribution in [-0.2, 0) is 16.0 Å². The Morgan fingerprint density at radius 1 is 1.07 bits per heavy atom. The molecule has 0 heterocycles. The average Bonchev–Trinajstić information content (AvgIpc) is 2.67. The van der Waals surface area contributed by atoms with Crippen LogP contribution in [0.4, 0.5) is 0 Å². The molecule has 2 amide bonds. The van der Waals surface area contributed by atoms with Gasteiger partial charge in [-0.2, -0.15) is 0 Å². The summed E-state index contributed by atoms with van der Waals surface area (Å²) in [6, 6.07) is 11.1. The van der Waals surface area contributed by atoms with Crippen molar-refractivity contribution in [3.8, 4) is 11.5 Å². The Hall–Kier alpha value is -2.54. The number of ether oxygens (including phenoxy) is 2.